The maximum absolute atomic E-state index is 13.8. The Morgan fingerprint density at radius 2 is 0.667 bits per heavy atom. The van der Waals surface area contributed by atoms with Gasteiger partial charge in [0.15, 0.2) is 0 Å². The number of urea groups is 1. The van der Waals surface area contributed by atoms with Gasteiger partial charge in [0, 0.05) is 39.8 Å². The van der Waals surface area contributed by atoms with Crippen LogP contribution in [0.5, 0.6) is 0 Å². The Morgan fingerprint density at radius 3 is 0.967 bits per heavy atom. The zero-order valence-corrected chi connectivity index (χ0v) is 59.5. The molecule has 0 heterocycles. The fourth-order valence-electron chi connectivity index (χ4n) is 10.6. The molecule has 4 N–H and O–H groups in total. The van der Waals surface area contributed by atoms with Crippen molar-refractivity contribution in [2.45, 2.75) is 336 Å². The minimum absolute atomic E-state index is 0.110. The summed E-state index contributed by atoms with van der Waals surface area (Å²) >= 11 is 0. The van der Waals surface area contributed by atoms with Crippen molar-refractivity contribution in [3.8, 4) is 0 Å². The van der Waals surface area contributed by atoms with Crippen molar-refractivity contribution in [2.24, 2.45) is 0 Å². The van der Waals surface area contributed by atoms with Gasteiger partial charge in [-0.05, 0) is 77.0 Å². The molecule has 6 atom stereocenters. The quantitative estimate of drug-likeness (QED) is 0.0192. The Bertz CT molecular complexity index is 1760. The van der Waals surface area contributed by atoms with Crippen LogP contribution in [0.1, 0.15) is 311 Å². The second-order valence-electron chi connectivity index (χ2n) is 24.4. The van der Waals surface area contributed by atoms with Crippen molar-refractivity contribution in [1.82, 2.24) is 21.3 Å². The average molecular weight is 1320 g/mol. The van der Waals surface area contributed by atoms with E-state index in [0.29, 0.717) is 51.4 Å². The highest BCUT2D eigenvalue weighted by molar-refractivity contribution is 7.48. The van der Waals surface area contributed by atoms with Crippen LogP contribution in [0.25, 0.3) is 0 Å². The number of nitrogens with one attached hydrogen (secondary N) is 4. The van der Waals surface area contributed by atoms with Crippen molar-refractivity contribution in [3.63, 3.8) is 0 Å². The van der Waals surface area contributed by atoms with E-state index >= 15 is 0 Å². The molecule has 528 valence electrons. The van der Waals surface area contributed by atoms with E-state index in [1.165, 1.54) is 154 Å². The number of hydrogen-bond donors (Lipinski definition) is 4. The molecule has 21 heteroatoms. The van der Waals surface area contributed by atoms with Gasteiger partial charge in [0.1, 0.15) is 12.2 Å². The lowest BCUT2D eigenvalue weighted by atomic mass is 10.0. The molecule has 19 nitrogen and oxygen atoms in total. The first-order chi connectivity index (χ1) is 43.6. The predicted molar refractivity (Wildman–Crippen MR) is 364 cm³/mol. The van der Waals surface area contributed by atoms with Crippen LogP contribution in [0.15, 0.2) is 25.3 Å². The smallest absolute Gasteiger partial charge is 0.462 e. The van der Waals surface area contributed by atoms with Gasteiger partial charge in [-0.1, -0.05) is 220 Å². The largest absolute Gasteiger partial charge is 0.475 e. The summed E-state index contributed by atoms with van der Waals surface area (Å²) in [7, 11) is -8.44. The van der Waals surface area contributed by atoms with E-state index in [1.54, 1.807) is 0 Å². The number of phosphoric acid groups is 2. The number of ether oxygens (including phenoxy) is 2. The molecule has 0 radical (unpaired) electrons. The molecule has 4 amide bonds. The second kappa shape index (κ2) is 62.0. The van der Waals surface area contributed by atoms with Crippen LogP contribution in [-0.2, 0) is 64.9 Å². The molecule has 0 aliphatic rings. The molecule has 0 aromatic rings. The third-order valence-electron chi connectivity index (χ3n) is 15.6. The number of unbranched alkanes of at least 4 members (excludes halogenated alkanes) is 28. The first kappa shape index (κ1) is 86.9. The van der Waals surface area contributed by atoms with Gasteiger partial charge in [-0.2, -0.15) is 0 Å². The van der Waals surface area contributed by atoms with E-state index < -0.39 is 33.8 Å². The third kappa shape index (κ3) is 56.4. The summed E-state index contributed by atoms with van der Waals surface area (Å²) in [5.41, 5.74) is 0. The van der Waals surface area contributed by atoms with Crippen molar-refractivity contribution >= 4 is 45.4 Å². The van der Waals surface area contributed by atoms with Gasteiger partial charge in [-0.3, -0.25) is 46.3 Å². The second-order valence-corrected chi connectivity index (χ2v) is 27.7. The first-order valence-electron chi connectivity index (χ1n) is 35.8. The molecule has 6 unspecified atom stereocenters. The Morgan fingerprint density at radius 1 is 0.378 bits per heavy atom. The van der Waals surface area contributed by atoms with Gasteiger partial charge in [0.05, 0.1) is 51.7 Å². The van der Waals surface area contributed by atoms with Gasteiger partial charge >= 0.3 is 33.6 Å². The normalized spacial score (nSPS) is 14.1. The molecule has 90 heavy (non-hydrogen) atoms. The van der Waals surface area contributed by atoms with Crippen molar-refractivity contribution in [2.75, 3.05) is 52.7 Å². The molecule has 0 bridgehead atoms. The van der Waals surface area contributed by atoms with Crippen LogP contribution in [0.4, 0.5) is 4.79 Å². The molecule has 0 saturated carbocycles. The molecule has 0 aromatic heterocycles. The zero-order valence-electron chi connectivity index (χ0n) is 57.8. The number of amides is 4. The molecule has 0 fully saturated rings. The lowest BCUT2D eigenvalue weighted by Crippen LogP contribution is -2.39. The number of phosphoric ester groups is 2. The van der Waals surface area contributed by atoms with E-state index in [2.05, 4.69) is 62.1 Å². The molecular formula is C69H132N4O15P2. The van der Waals surface area contributed by atoms with Gasteiger partial charge in [0.2, 0.25) is 11.8 Å². The predicted octanol–water partition coefficient (Wildman–Crippen LogP) is 18.3. The molecule has 0 aliphatic carbocycles. The number of hydrogen-bond acceptors (Lipinski definition) is 15. The fourth-order valence-corrected chi connectivity index (χ4v) is 12.9. The monoisotopic (exact) mass is 1320 g/mol. The number of carbonyl (C=O) groups is 5. The Balaban J connectivity index is 5.33. The SMILES string of the molecule is C=CCOP(=O)(OCCNC(=O)NCCOP(=O)(OCC=C)OCC(CCCC(CCCCCCCC)OC(=O)CCCCCCCCCCCC)NC(C)=O)OCC(CCCC(CCCCCCCC)OC(=O)CCCCCCCCCCCC)NC(C)=O. The highest BCUT2D eigenvalue weighted by Gasteiger charge is 2.30. The van der Waals surface area contributed by atoms with Gasteiger partial charge in [-0.25, -0.2) is 13.9 Å². The highest BCUT2D eigenvalue weighted by Crippen LogP contribution is 2.50. The van der Waals surface area contributed by atoms with E-state index in [1.807, 2.05) is 0 Å². The highest BCUT2D eigenvalue weighted by atomic mass is 31.2. The van der Waals surface area contributed by atoms with Crippen molar-refractivity contribution in [1.29, 1.82) is 0 Å². The minimum Gasteiger partial charge on any atom is -0.462 e. The van der Waals surface area contributed by atoms with Gasteiger partial charge < -0.3 is 30.7 Å². The fraction of sp³-hybridized carbons (Fsp3) is 0.870. The summed E-state index contributed by atoms with van der Waals surface area (Å²) in [4.78, 5) is 63.5. The maximum Gasteiger partial charge on any atom is 0.475 e. The summed E-state index contributed by atoms with van der Waals surface area (Å²) in [6, 6.07) is -1.74. The van der Waals surface area contributed by atoms with Gasteiger partial charge in [0.25, 0.3) is 0 Å². The van der Waals surface area contributed by atoms with E-state index in [9.17, 15) is 33.1 Å². The topological polar surface area (TPSA) is 241 Å². The number of carbonyl (C=O) groups excluding carboxylic acids is 5. The van der Waals surface area contributed by atoms with Crippen LogP contribution in [0.3, 0.4) is 0 Å². The van der Waals surface area contributed by atoms with E-state index in [0.717, 1.165) is 89.9 Å². The van der Waals surface area contributed by atoms with Crippen molar-refractivity contribution < 1.29 is 69.7 Å². The zero-order chi connectivity index (χ0) is 66.5. The van der Waals surface area contributed by atoms with E-state index in [4.69, 9.17) is 36.6 Å². The van der Waals surface area contributed by atoms with Crippen LogP contribution < -0.4 is 21.3 Å². The van der Waals surface area contributed by atoms with Crippen LogP contribution >= 0.6 is 15.6 Å². The summed E-state index contributed by atoms with van der Waals surface area (Å²) < 4.78 is 73.3. The molecule has 0 aromatic carbocycles. The van der Waals surface area contributed by atoms with Crippen LogP contribution in [-0.4, -0.2) is 107 Å². The average Bonchev–Trinajstić information content (AvgIpc) is 2.43. The Kier molecular flexibility index (Phi) is 59.8. The third-order valence-corrected chi connectivity index (χ3v) is 18.5. The molecular weight excluding hydrogens is 1190 g/mol. The van der Waals surface area contributed by atoms with Crippen molar-refractivity contribution in [3.05, 3.63) is 25.3 Å². The lowest BCUT2D eigenvalue weighted by molar-refractivity contribution is -0.151. The minimum atomic E-state index is -4.22. The number of rotatable bonds is 68. The van der Waals surface area contributed by atoms with Crippen LogP contribution in [0, 0.1) is 0 Å². The summed E-state index contributed by atoms with van der Waals surface area (Å²) in [5.74, 6) is -0.927. The summed E-state index contributed by atoms with van der Waals surface area (Å²) in [6.07, 6.45) is 45.3. The lowest BCUT2D eigenvalue weighted by Gasteiger charge is -2.23. The Labute approximate surface area is 547 Å². The summed E-state index contributed by atoms with van der Waals surface area (Å²) in [5, 5.41) is 10.9. The maximum atomic E-state index is 13.8. The van der Waals surface area contributed by atoms with Crippen LogP contribution in [0.2, 0.25) is 0 Å². The molecule has 0 rings (SSSR count). The molecule has 0 saturated heterocycles. The number of esters is 2. The molecule has 0 aliphatic heterocycles. The van der Waals surface area contributed by atoms with Gasteiger partial charge in [-0.15, -0.1) is 13.2 Å². The summed E-state index contributed by atoms with van der Waals surface area (Å²) in [6.45, 7) is 17.4. The van der Waals surface area contributed by atoms with E-state index in [-0.39, 0.29) is 88.7 Å². The molecule has 0 spiro atoms. The standard InChI is InChI=1S/C69H132N4O15P2/c1-9-15-19-23-27-29-31-33-37-41-51-67(76)87-65(47-39-35-25-21-17-11-3)49-43-45-63(72-61(7)74)59-85-89(79,81-55-13-5)83-57-53-70-69(78)71-54-58-84-90(80,82-56-14-6)86-60-64(73-62(8)75)46-44-50-66(48-40-36-26-22-18-12-4)88-68(77)52-42-38-34-32-30-28-24-20-16-10-2/h13-14,63-66H,5-6,9-12,15-60H2,1-4,7-8H3,(H,72,74)(H,73,75)(H2,70,71,78). The first-order valence-corrected chi connectivity index (χ1v) is 38.7. The Hall–Kier alpha value is -3.15.